The highest BCUT2D eigenvalue weighted by atomic mass is 16.5. The molecular weight excluding hydrogens is 196 g/mol. The van der Waals surface area contributed by atoms with E-state index in [-0.39, 0.29) is 5.69 Å². The van der Waals surface area contributed by atoms with Gasteiger partial charge in [0.25, 0.3) is 0 Å². The Morgan fingerprint density at radius 1 is 1.60 bits per heavy atom. The van der Waals surface area contributed by atoms with Gasteiger partial charge in [0.2, 0.25) is 0 Å². The molecule has 0 spiro atoms. The molecule has 0 aliphatic carbocycles. The van der Waals surface area contributed by atoms with Crippen LogP contribution < -0.4 is 5.32 Å². The zero-order chi connectivity index (χ0) is 11.1. The van der Waals surface area contributed by atoms with Gasteiger partial charge in [-0.05, 0) is 19.1 Å². The monoisotopic (exact) mass is 210 g/mol. The van der Waals surface area contributed by atoms with Crippen molar-refractivity contribution in [2.75, 3.05) is 25.1 Å². The van der Waals surface area contributed by atoms with Crippen LogP contribution in [0.25, 0.3) is 0 Å². The zero-order valence-corrected chi connectivity index (χ0v) is 8.56. The second-order valence-electron chi connectivity index (χ2n) is 2.84. The number of hydrogen-bond donors (Lipinski definition) is 2. The van der Waals surface area contributed by atoms with Gasteiger partial charge in [0.1, 0.15) is 5.82 Å². The van der Waals surface area contributed by atoms with Crippen molar-refractivity contribution in [2.45, 2.75) is 6.92 Å². The number of nitrogens with one attached hydrogen (secondary N) is 1. The van der Waals surface area contributed by atoms with Crippen molar-refractivity contribution in [2.24, 2.45) is 0 Å². The van der Waals surface area contributed by atoms with E-state index in [9.17, 15) is 4.79 Å². The van der Waals surface area contributed by atoms with E-state index in [0.29, 0.717) is 25.6 Å². The molecule has 0 radical (unpaired) electrons. The quantitative estimate of drug-likeness (QED) is 0.691. The SMILES string of the molecule is CCOCCNc1cccc(C(=O)O)n1. The van der Waals surface area contributed by atoms with Crippen molar-refractivity contribution >= 4 is 11.8 Å². The highest BCUT2D eigenvalue weighted by Crippen LogP contribution is 2.04. The summed E-state index contributed by atoms with van der Waals surface area (Å²) in [4.78, 5) is 14.5. The topological polar surface area (TPSA) is 71.5 Å². The van der Waals surface area contributed by atoms with Gasteiger partial charge in [-0.3, -0.25) is 0 Å². The molecular formula is C10H14N2O3. The Kier molecular flexibility index (Phi) is 4.56. The number of ether oxygens (including phenoxy) is 1. The lowest BCUT2D eigenvalue weighted by atomic mass is 10.3. The van der Waals surface area contributed by atoms with Crippen molar-refractivity contribution in [3.05, 3.63) is 23.9 Å². The Balaban J connectivity index is 2.47. The van der Waals surface area contributed by atoms with E-state index in [1.165, 1.54) is 6.07 Å². The minimum absolute atomic E-state index is 0.0383. The predicted molar refractivity (Wildman–Crippen MR) is 56.2 cm³/mol. The molecule has 0 atom stereocenters. The molecule has 82 valence electrons. The van der Waals surface area contributed by atoms with Crippen molar-refractivity contribution in [1.82, 2.24) is 4.98 Å². The Morgan fingerprint density at radius 2 is 2.40 bits per heavy atom. The summed E-state index contributed by atoms with van der Waals surface area (Å²) in [7, 11) is 0. The van der Waals surface area contributed by atoms with E-state index in [2.05, 4.69) is 10.3 Å². The van der Waals surface area contributed by atoms with Gasteiger partial charge in [-0.1, -0.05) is 6.07 Å². The van der Waals surface area contributed by atoms with Crippen molar-refractivity contribution in [1.29, 1.82) is 0 Å². The first-order chi connectivity index (χ1) is 7.24. The van der Waals surface area contributed by atoms with Gasteiger partial charge < -0.3 is 15.2 Å². The number of carbonyl (C=O) groups is 1. The third-order valence-electron chi connectivity index (χ3n) is 1.72. The standard InChI is InChI=1S/C10H14N2O3/c1-2-15-7-6-11-9-5-3-4-8(12-9)10(13)14/h3-5H,2,6-7H2,1H3,(H,11,12)(H,13,14). The average molecular weight is 210 g/mol. The maximum Gasteiger partial charge on any atom is 0.354 e. The van der Waals surface area contributed by atoms with Crippen LogP contribution in [0.5, 0.6) is 0 Å². The molecule has 0 aliphatic heterocycles. The van der Waals surface area contributed by atoms with Crippen molar-refractivity contribution in [3.63, 3.8) is 0 Å². The fourth-order valence-electron chi connectivity index (χ4n) is 1.05. The van der Waals surface area contributed by atoms with Gasteiger partial charge in [-0.25, -0.2) is 9.78 Å². The molecule has 1 rings (SSSR count). The molecule has 0 unspecified atom stereocenters. The number of carboxylic acids is 1. The molecule has 0 aromatic carbocycles. The second kappa shape index (κ2) is 5.98. The number of hydrogen-bond acceptors (Lipinski definition) is 4. The van der Waals surface area contributed by atoms with Crippen LogP contribution in [0.15, 0.2) is 18.2 Å². The second-order valence-corrected chi connectivity index (χ2v) is 2.84. The van der Waals surface area contributed by atoms with E-state index in [4.69, 9.17) is 9.84 Å². The molecule has 0 bridgehead atoms. The van der Waals surface area contributed by atoms with E-state index in [1.807, 2.05) is 6.92 Å². The van der Waals surface area contributed by atoms with Gasteiger partial charge in [0, 0.05) is 13.2 Å². The maximum atomic E-state index is 10.6. The first-order valence-corrected chi connectivity index (χ1v) is 4.76. The number of pyridine rings is 1. The van der Waals surface area contributed by atoms with Crippen molar-refractivity contribution < 1.29 is 14.6 Å². The van der Waals surface area contributed by atoms with Crippen LogP contribution in [0, 0.1) is 0 Å². The third-order valence-corrected chi connectivity index (χ3v) is 1.72. The molecule has 2 N–H and O–H groups in total. The number of anilines is 1. The highest BCUT2D eigenvalue weighted by molar-refractivity contribution is 5.85. The number of rotatable bonds is 6. The molecule has 0 aliphatic rings. The molecule has 15 heavy (non-hydrogen) atoms. The fourth-order valence-corrected chi connectivity index (χ4v) is 1.05. The van der Waals surface area contributed by atoms with Crippen LogP contribution in [0.2, 0.25) is 0 Å². The summed E-state index contributed by atoms with van der Waals surface area (Å²) in [6.45, 7) is 3.78. The molecule has 0 amide bonds. The summed E-state index contributed by atoms with van der Waals surface area (Å²) in [6, 6.07) is 4.83. The van der Waals surface area contributed by atoms with E-state index in [0.717, 1.165) is 0 Å². The average Bonchev–Trinajstić information content (AvgIpc) is 2.25. The van der Waals surface area contributed by atoms with E-state index < -0.39 is 5.97 Å². The lowest BCUT2D eigenvalue weighted by molar-refractivity contribution is 0.0690. The molecule has 1 aromatic heterocycles. The molecule has 5 heteroatoms. The largest absolute Gasteiger partial charge is 0.477 e. The lowest BCUT2D eigenvalue weighted by Crippen LogP contribution is -2.11. The molecule has 0 fully saturated rings. The lowest BCUT2D eigenvalue weighted by Gasteiger charge is -2.05. The first kappa shape index (κ1) is 11.5. The van der Waals surface area contributed by atoms with Crippen LogP contribution in [0.3, 0.4) is 0 Å². The Labute approximate surface area is 88.1 Å². The van der Waals surface area contributed by atoms with Crippen LogP contribution >= 0.6 is 0 Å². The molecule has 1 aromatic rings. The summed E-state index contributed by atoms with van der Waals surface area (Å²) in [5, 5.41) is 11.7. The van der Waals surface area contributed by atoms with Gasteiger partial charge in [-0.2, -0.15) is 0 Å². The van der Waals surface area contributed by atoms with E-state index >= 15 is 0 Å². The molecule has 1 heterocycles. The van der Waals surface area contributed by atoms with E-state index in [1.54, 1.807) is 12.1 Å². The fraction of sp³-hybridized carbons (Fsp3) is 0.400. The van der Waals surface area contributed by atoms with Gasteiger partial charge in [0.05, 0.1) is 6.61 Å². The minimum atomic E-state index is -1.02. The predicted octanol–water partition coefficient (Wildman–Crippen LogP) is 1.23. The third kappa shape index (κ3) is 3.95. The van der Waals surface area contributed by atoms with Gasteiger partial charge in [0.15, 0.2) is 5.69 Å². The van der Waals surface area contributed by atoms with Gasteiger partial charge >= 0.3 is 5.97 Å². The smallest absolute Gasteiger partial charge is 0.354 e. The summed E-state index contributed by atoms with van der Waals surface area (Å²) in [5.41, 5.74) is 0.0383. The van der Waals surface area contributed by atoms with Gasteiger partial charge in [-0.15, -0.1) is 0 Å². The van der Waals surface area contributed by atoms with Crippen LogP contribution in [0.4, 0.5) is 5.82 Å². The molecule has 0 saturated carbocycles. The number of aromatic carboxylic acids is 1. The van der Waals surface area contributed by atoms with Crippen LogP contribution in [0.1, 0.15) is 17.4 Å². The Hall–Kier alpha value is -1.62. The minimum Gasteiger partial charge on any atom is -0.477 e. The maximum absolute atomic E-state index is 10.6. The highest BCUT2D eigenvalue weighted by Gasteiger charge is 2.03. The Morgan fingerprint density at radius 3 is 3.07 bits per heavy atom. The summed E-state index contributed by atoms with van der Waals surface area (Å²) >= 11 is 0. The summed E-state index contributed by atoms with van der Waals surface area (Å²) in [6.07, 6.45) is 0. The summed E-state index contributed by atoms with van der Waals surface area (Å²) in [5.74, 6) is -0.474. The first-order valence-electron chi connectivity index (χ1n) is 4.76. The number of nitrogens with zero attached hydrogens (tertiary/aromatic N) is 1. The number of carboxylic acid groups (broad SMARTS) is 1. The van der Waals surface area contributed by atoms with Crippen molar-refractivity contribution in [3.8, 4) is 0 Å². The Bertz CT molecular complexity index is 328. The molecule has 0 saturated heterocycles. The normalized spacial score (nSPS) is 9.93. The zero-order valence-electron chi connectivity index (χ0n) is 8.56. The number of aromatic nitrogens is 1. The van der Waals surface area contributed by atoms with Crippen LogP contribution in [-0.2, 0) is 4.74 Å². The summed E-state index contributed by atoms with van der Waals surface area (Å²) < 4.78 is 5.13. The van der Waals surface area contributed by atoms with Crippen LogP contribution in [-0.4, -0.2) is 35.8 Å². The molecule has 5 nitrogen and oxygen atoms in total.